The Morgan fingerprint density at radius 3 is 2.84 bits per heavy atom. The second-order valence-corrected chi connectivity index (χ2v) is 3.56. The first kappa shape index (κ1) is 12.4. The summed E-state index contributed by atoms with van der Waals surface area (Å²) in [5.74, 6) is -0.692. The molecule has 0 unspecified atom stereocenters. The zero-order valence-electron chi connectivity index (χ0n) is 9.50. The lowest BCUT2D eigenvalue weighted by Crippen LogP contribution is -1.99. The number of hydrogen-bond acceptors (Lipinski definition) is 5. The van der Waals surface area contributed by atoms with E-state index in [-0.39, 0.29) is 22.8 Å². The molecule has 0 saturated heterocycles. The molecule has 0 atom stereocenters. The van der Waals surface area contributed by atoms with E-state index >= 15 is 0 Å². The molecule has 0 fully saturated rings. The summed E-state index contributed by atoms with van der Waals surface area (Å²) in [5, 5.41) is 22.0. The number of anilines is 2. The quantitative estimate of drug-likeness (QED) is 0.675. The SMILES string of the molecule is N#Cc1ccc(Nc2ncccc2[N+](=O)[O-])cc1F. The molecule has 1 aromatic heterocycles. The highest BCUT2D eigenvalue weighted by Gasteiger charge is 2.14. The highest BCUT2D eigenvalue weighted by atomic mass is 19.1. The standard InChI is InChI=1S/C12H7FN4O2/c13-10-6-9(4-3-8(10)7-14)16-12-11(17(18)19)2-1-5-15-12/h1-6H,(H,15,16). The minimum Gasteiger partial charge on any atom is -0.334 e. The maximum absolute atomic E-state index is 13.4. The van der Waals surface area contributed by atoms with Crippen LogP contribution in [0.4, 0.5) is 21.6 Å². The fourth-order valence-electron chi connectivity index (χ4n) is 1.46. The second kappa shape index (κ2) is 5.10. The van der Waals surface area contributed by atoms with Crippen molar-refractivity contribution < 1.29 is 9.31 Å². The van der Waals surface area contributed by atoms with Crippen LogP contribution >= 0.6 is 0 Å². The van der Waals surface area contributed by atoms with Gasteiger partial charge in [0.05, 0.1) is 10.5 Å². The van der Waals surface area contributed by atoms with Gasteiger partial charge in [-0.2, -0.15) is 5.26 Å². The molecule has 2 aromatic rings. The molecule has 1 heterocycles. The van der Waals surface area contributed by atoms with Crippen molar-refractivity contribution >= 4 is 17.2 Å². The summed E-state index contributed by atoms with van der Waals surface area (Å²) < 4.78 is 13.4. The molecule has 6 nitrogen and oxygen atoms in total. The monoisotopic (exact) mass is 258 g/mol. The molecule has 0 spiro atoms. The third-order valence-corrected chi connectivity index (χ3v) is 2.34. The minimum absolute atomic E-state index is 0.0107. The van der Waals surface area contributed by atoms with Gasteiger partial charge in [0.1, 0.15) is 11.9 Å². The lowest BCUT2D eigenvalue weighted by molar-refractivity contribution is -0.384. The molecule has 0 aliphatic heterocycles. The molecular formula is C12H7FN4O2. The maximum Gasteiger partial charge on any atom is 0.311 e. The van der Waals surface area contributed by atoms with Gasteiger partial charge in [0.2, 0.25) is 5.82 Å². The van der Waals surface area contributed by atoms with Crippen molar-refractivity contribution in [3.05, 3.63) is 58.0 Å². The van der Waals surface area contributed by atoms with Gasteiger partial charge in [-0.1, -0.05) is 0 Å². The summed E-state index contributed by atoms with van der Waals surface area (Å²) in [7, 11) is 0. The number of halogens is 1. The molecular weight excluding hydrogens is 251 g/mol. The van der Waals surface area contributed by atoms with Crippen molar-refractivity contribution in [1.82, 2.24) is 4.98 Å². The van der Waals surface area contributed by atoms with Crippen molar-refractivity contribution in [3.8, 4) is 6.07 Å². The average molecular weight is 258 g/mol. The summed E-state index contributed by atoms with van der Waals surface area (Å²) in [4.78, 5) is 14.0. The lowest BCUT2D eigenvalue weighted by atomic mass is 10.2. The smallest absolute Gasteiger partial charge is 0.311 e. The largest absolute Gasteiger partial charge is 0.334 e. The van der Waals surface area contributed by atoms with Gasteiger partial charge < -0.3 is 5.32 Å². The van der Waals surface area contributed by atoms with E-state index in [2.05, 4.69) is 10.3 Å². The number of pyridine rings is 1. The van der Waals surface area contributed by atoms with Gasteiger partial charge in [0.15, 0.2) is 0 Å². The van der Waals surface area contributed by atoms with E-state index in [1.807, 2.05) is 0 Å². The molecule has 19 heavy (non-hydrogen) atoms. The number of hydrogen-bond donors (Lipinski definition) is 1. The van der Waals surface area contributed by atoms with E-state index in [0.29, 0.717) is 0 Å². The number of rotatable bonds is 3. The maximum atomic E-state index is 13.4. The van der Waals surface area contributed by atoms with Crippen LogP contribution in [0.1, 0.15) is 5.56 Å². The molecule has 0 aliphatic rings. The Kier molecular flexibility index (Phi) is 3.34. The first-order valence-electron chi connectivity index (χ1n) is 5.18. The van der Waals surface area contributed by atoms with Gasteiger partial charge in [-0.25, -0.2) is 9.37 Å². The summed E-state index contributed by atoms with van der Waals surface area (Å²) in [6.45, 7) is 0. The highest BCUT2D eigenvalue weighted by molar-refractivity contribution is 5.65. The van der Waals surface area contributed by atoms with E-state index < -0.39 is 10.7 Å². The van der Waals surface area contributed by atoms with Crippen LogP contribution in [0.5, 0.6) is 0 Å². The summed E-state index contributed by atoms with van der Waals surface area (Å²) >= 11 is 0. The predicted molar refractivity (Wildman–Crippen MR) is 65.3 cm³/mol. The first-order valence-corrected chi connectivity index (χ1v) is 5.18. The Morgan fingerprint density at radius 1 is 1.42 bits per heavy atom. The molecule has 2 rings (SSSR count). The van der Waals surface area contributed by atoms with Crippen molar-refractivity contribution in [3.63, 3.8) is 0 Å². The lowest BCUT2D eigenvalue weighted by Gasteiger charge is -2.06. The normalized spacial score (nSPS) is 9.68. The van der Waals surface area contributed by atoms with Crippen molar-refractivity contribution in [2.24, 2.45) is 0 Å². The number of nitrogens with zero attached hydrogens (tertiary/aromatic N) is 3. The topological polar surface area (TPSA) is 91.8 Å². The molecule has 94 valence electrons. The van der Waals surface area contributed by atoms with Crippen molar-refractivity contribution in [2.75, 3.05) is 5.32 Å². The van der Waals surface area contributed by atoms with Crippen molar-refractivity contribution in [1.29, 1.82) is 5.26 Å². The van der Waals surface area contributed by atoms with Crippen LogP contribution in [0.15, 0.2) is 36.5 Å². The number of aromatic nitrogens is 1. The van der Waals surface area contributed by atoms with Crippen LogP contribution in [0.3, 0.4) is 0 Å². The van der Waals surface area contributed by atoms with Gasteiger partial charge in [0, 0.05) is 18.0 Å². The Hall–Kier alpha value is -3.01. The van der Waals surface area contributed by atoms with E-state index in [1.165, 1.54) is 30.5 Å². The Morgan fingerprint density at radius 2 is 2.21 bits per heavy atom. The first-order chi connectivity index (χ1) is 9.11. The summed E-state index contributed by atoms with van der Waals surface area (Å²) in [6.07, 6.45) is 1.38. The highest BCUT2D eigenvalue weighted by Crippen LogP contribution is 2.25. The number of nitriles is 1. The van der Waals surface area contributed by atoms with E-state index in [0.717, 1.165) is 6.07 Å². The fourth-order valence-corrected chi connectivity index (χ4v) is 1.46. The third-order valence-electron chi connectivity index (χ3n) is 2.34. The minimum atomic E-state index is -0.703. The molecule has 0 aliphatic carbocycles. The van der Waals surface area contributed by atoms with Crippen LogP contribution in [-0.2, 0) is 0 Å². The van der Waals surface area contributed by atoms with E-state index in [9.17, 15) is 14.5 Å². The van der Waals surface area contributed by atoms with Crippen molar-refractivity contribution in [2.45, 2.75) is 0 Å². The molecule has 0 bridgehead atoms. The van der Waals surface area contributed by atoms with Crippen LogP contribution in [0.2, 0.25) is 0 Å². The molecule has 1 aromatic carbocycles. The molecule has 0 saturated carbocycles. The Labute approximate surface area is 107 Å². The number of nitrogens with one attached hydrogen (secondary N) is 1. The zero-order chi connectivity index (χ0) is 13.8. The van der Waals surface area contributed by atoms with Crippen LogP contribution < -0.4 is 5.32 Å². The second-order valence-electron chi connectivity index (χ2n) is 3.56. The molecule has 0 radical (unpaired) electrons. The average Bonchev–Trinajstić information content (AvgIpc) is 2.39. The molecule has 7 heteroatoms. The number of nitro groups is 1. The van der Waals surface area contributed by atoms with Crippen LogP contribution in [-0.4, -0.2) is 9.91 Å². The Bertz CT molecular complexity index is 682. The fraction of sp³-hybridized carbons (Fsp3) is 0. The number of benzene rings is 1. The van der Waals surface area contributed by atoms with Crippen LogP contribution in [0, 0.1) is 27.3 Å². The zero-order valence-corrected chi connectivity index (χ0v) is 9.50. The van der Waals surface area contributed by atoms with E-state index in [4.69, 9.17) is 5.26 Å². The molecule has 1 N–H and O–H groups in total. The van der Waals surface area contributed by atoms with Gasteiger partial charge in [0.25, 0.3) is 0 Å². The predicted octanol–water partition coefficient (Wildman–Crippen LogP) is 2.74. The van der Waals surface area contributed by atoms with Crippen LogP contribution in [0.25, 0.3) is 0 Å². The van der Waals surface area contributed by atoms with Gasteiger partial charge in [-0.15, -0.1) is 0 Å². The summed E-state index contributed by atoms with van der Waals surface area (Å²) in [5.41, 5.74) is -0.0355. The summed E-state index contributed by atoms with van der Waals surface area (Å²) in [6, 6.07) is 8.22. The van der Waals surface area contributed by atoms with Gasteiger partial charge in [-0.3, -0.25) is 10.1 Å². The van der Waals surface area contributed by atoms with Gasteiger partial charge >= 0.3 is 5.69 Å². The van der Waals surface area contributed by atoms with E-state index in [1.54, 1.807) is 6.07 Å². The molecule has 0 amide bonds. The third kappa shape index (κ3) is 2.63. The Balaban J connectivity index is 2.34. The van der Waals surface area contributed by atoms with Gasteiger partial charge in [-0.05, 0) is 24.3 Å².